The van der Waals surface area contributed by atoms with E-state index >= 15 is 0 Å². The van der Waals surface area contributed by atoms with Crippen LogP contribution in [0.2, 0.25) is 0 Å². The van der Waals surface area contributed by atoms with E-state index in [1.54, 1.807) is 0 Å². The van der Waals surface area contributed by atoms with Crippen molar-refractivity contribution < 1.29 is 4.79 Å². The zero-order chi connectivity index (χ0) is 25.1. The molecule has 2 aliphatic rings. The summed E-state index contributed by atoms with van der Waals surface area (Å²) in [6.07, 6.45) is 1.12. The third kappa shape index (κ3) is 3.78. The van der Waals surface area contributed by atoms with Gasteiger partial charge in [-0.1, -0.05) is 59.6 Å². The Balaban J connectivity index is 1.90. The van der Waals surface area contributed by atoms with Crippen LogP contribution in [0.5, 0.6) is 0 Å². The topological polar surface area (TPSA) is 109 Å². The van der Waals surface area contributed by atoms with Crippen molar-refractivity contribution in [2.24, 2.45) is 5.41 Å². The van der Waals surface area contributed by atoms with E-state index in [0.29, 0.717) is 29.8 Å². The van der Waals surface area contributed by atoms with Crippen molar-refractivity contribution >= 4 is 44.7 Å². The fourth-order valence-corrected chi connectivity index (χ4v) is 5.52. The Kier molecular flexibility index (Phi) is 5.45. The van der Waals surface area contributed by atoms with E-state index in [-0.39, 0.29) is 28.3 Å². The number of nitrogen functional groups attached to an aromatic ring is 2. The molecule has 1 atom stereocenters. The van der Waals surface area contributed by atoms with Gasteiger partial charge in [0, 0.05) is 39.3 Å². The molecule has 1 aromatic heterocycles. The lowest BCUT2D eigenvalue weighted by Crippen LogP contribution is -2.38. The number of aryl methyl sites for hydroxylation is 1. The number of ketones is 1. The summed E-state index contributed by atoms with van der Waals surface area (Å²) in [7, 11) is 0. The van der Waals surface area contributed by atoms with Crippen molar-refractivity contribution in [3.8, 4) is 6.07 Å². The maximum Gasteiger partial charge on any atom is 0.162 e. The van der Waals surface area contributed by atoms with Crippen LogP contribution in [-0.2, 0) is 4.79 Å². The van der Waals surface area contributed by atoms with Gasteiger partial charge in [0.2, 0.25) is 0 Å². The van der Waals surface area contributed by atoms with Crippen LogP contribution in [-0.4, -0.2) is 10.8 Å². The molecule has 0 saturated carbocycles. The molecule has 176 valence electrons. The Labute approximate surface area is 213 Å². The number of nitrogens with two attached hydrogens (primary N) is 2. The zero-order valence-corrected chi connectivity index (χ0v) is 21.5. The summed E-state index contributed by atoms with van der Waals surface area (Å²) in [4.78, 5) is 20.6. The smallest absolute Gasteiger partial charge is 0.162 e. The molecule has 2 heterocycles. The minimum Gasteiger partial charge on any atom is -0.397 e. The van der Waals surface area contributed by atoms with Crippen molar-refractivity contribution in [2.45, 2.75) is 39.5 Å². The van der Waals surface area contributed by atoms with E-state index in [4.69, 9.17) is 16.5 Å². The number of nitrogens with zero attached hydrogens (tertiary/aromatic N) is 3. The third-order valence-electron chi connectivity index (χ3n) is 6.85. The average molecular weight is 528 g/mol. The van der Waals surface area contributed by atoms with Gasteiger partial charge in [0.1, 0.15) is 23.3 Å². The number of halogens is 1. The normalized spacial score (nSPS) is 18.7. The molecule has 4 N–H and O–H groups in total. The van der Waals surface area contributed by atoms with Crippen LogP contribution in [0, 0.1) is 23.7 Å². The highest BCUT2D eigenvalue weighted by molar-refractivity contribution is 9.10. The number of anilines is 4. The number of carbonyl (C=O) groups excluding carboxylic acids is 1. The van der Waals surface area contributed by atoms with Gasteiger partial charge in [0.25, 0.3) is 0 Å². The number of rotatable bonds is 2. The van der Waals surface area contributed by atoms with Gasteiger partial charge in [-0.2, -0.15) is 5.26 Å². The molecule has 7 heteroatoms. The van der Waals surface area contributed by atoms with Crippen LogP contribution in [0.1, 0.15) is 54.9 Å². The maximum atomic E-state index is 13.8. The number of allylic oxidation sites excluding steroid dienone is 2. The number of pyridine rings is 1. The monoisotopic (exact) mass is 527 g/mol. The Morgan fingerprint density at radius 2 is 1.74 bits per heavy atom. The fourth-order valence-electron chi connectivity index (χ4n) is 5.26. The molecular weight excluding hydrogens is 502 g/mol. The molecule has 0 amide bonds. The number of hydrogen-bond acceptors (Lipinski definition) is 6. The molecule has 3 aromatic rings. The van der Waals surface area contributed by atoms with Gasteiger partial charge < -0.3 is 11.5 Å². The SMILES string of the molecule is Cc1ccc(C2C3=C(CC(C)(C)CC3=O)N(c3ccc(Br)cc3)c3nc(N)c(C#N)c(N)c32)cc1. The molecule has 35 heavy (non-hydrogen) atoms. The van der Waals surface area contributed by atoms with E-state index in [1.807, 2.05) is 60.4 Å². The summed E-state index contributed by atoms with van der Waals surface area (Å²) in [5, 5.41) is 9.81. The Morgan fingerprint density at radius 1 is 1.09 bits per heavy atom. The van der Waals surface area contributed by atoms with Gasteiger partial charge >= 0.3 is 0 Å². The van der Waals surface area contributed by atoms with Crippen molar-refractivity contribution in [3.63, 3.8) is 0 Å². The second kappa shape index (κ2) is 8.24. The highest BCUT2D eigenvalue weighted by Gasteiger charge is 2.45. The largest absolute Gasteiger partial charge is 0.397 e. The molecule has 0 bridgehead atoms. The van der Waals surface area contributed by atoms with Gasteiger partial charge in [0.15, 0.2) is 5.78 Å². The van der Waals surface area contributed by atoms with Crippen molar-refractivity contribution in [1.29, 1.82) is 5.26 Å². The standard InChI is InChI=1S/C28H26BrN5O/c1-15-4-6-16(7-5-15)22-23-20(12-28(2,3)13-21(23)35)34(18-10-8-17(29)9-11-18)27-24(22)25(31)19(14-30)26(32)33-27/h4-11,22H,12-13H2,1-3H3,(H4,31,32,33). The van der Waals surface area contributed by atoms with Gasteiger partial charge in [0.05, 0.1) is 5.69 Å². The average Bonchev–Trinajstić information content (AvgIpc) is 2.79. The molecule has 5 rings (SSSR count). The number of aromatic nitrogens is 1. The van der Waals surface area contributed by atoms with E-state index in [1.165, 1.54) is 0 Å². The van der Waals surface area contributed by atoms with Crippen molar-refractivity contribution in [3.05, 3.63) is 86.5 Å². The summed E-state index contributed by atoms with van der Waals surface area (Å²) >= 11 is 3.51. The lowest BCUT2D eigenvalue weighted by Gasteiger charge is -2.44. The Morgan fingerprint density at radius 3 is 2.37 bits per heavy atom. The van der Waals surface area contributed by atoms with Crippen molar-refractivity contribution in [2.75, 3.05) is 16.4 Å². The maximum absolute atomic E-state index is 13.8. The first kappa shape index (κ1) is 23.1. The predicted molar refractivity (Wildman–Crippen MR) is 142 cm³/mol. The molecule has 2 aromatic carbocycles. The molecule has 1 unspecified atom stereocenters. The zero-order valence-electron chi connectivity index (χ0n) is 19.9. The van der Waals surface area contributed by atoms with Crippen molar-refractivity contribution in [1.82, 2.24) is 4.98 Å². The summed E-state index contributed by atoms with van der Waals surface area (Å²) in [6, 6.07) is 18.1. The molecule has 1 aliphatic carbocycles. The highest BCUT2D eigenvalue weighted by atomic mass is 79.9. The van der Waals surface area contributed by atoms with E-state index < -0.39 is 5.92 Å². The minimum absolute atomic E-state index is 0.0824. The second-order valence-corrected chi connectivity index (χ2v) is 11.0. The molecule has 0 radical (unpaired) electrons. The van der Waals surface area contributed by atoms with E-state index in [2.05, 4.69) is 35.8 Å². The summed E-state index contributed by atoms with van der Waals surface area (Å²) < 4.78 is 0.942. The second-order valence-electron chi connectivity index (χ2n) is 10.1. The number of hydrogen-bond donors (Lipinski definition) is 2. The number of Topliss-reactive ketones (excluding diaryl/α,β-unsaturated/α-hetero) is 1. The first-order chi connectivity index (χ1) is 16.6. The molecule has 0 saturated heterocycles. The van der Waals surface area contributed by atoms with E-state index in [9.17, 15) is 10.1 Å². The number of nitriles is 1. The third-order valence-corrected chi connectivity index (χ3v) is 7.37. The molecule has 6 nitrogen and oxygen atoms in total. The number of carbonyl (C=O) groups is 1. The Bertz CT molecular complexity index is 1430. The fraction of sp³-hybridized carbons (Fsp3) is 0.250. The summed E-state index contributed by atoms with van der Waals surface area (Å²) in [5.74, 6) is 0.301. The van der Waals surface area contributed by atoms with Crippen LogP contribution in [0.4, 0.5) is 23.0 Å². The first-order valence-electron chi connectivity index (χ1n) is 11.5. The van der Waals surface area contributed by atoms with Crippen LogP contribution in [0.25, 0.3) is 0 Å². The van der Waals surface area contributed by atoms with Gasteiger partial charge in [-0.05, 0) is 48.6 Å². The number of fused-ring (bicyclic) bond motifs is 1. The molecule has 0 fully saturated rings. The van der Waals surface area contributed by atoms with Gasteiger partial charge in [-0.15, -0.1) is 0 Å². The molecular formula is C28H26BrN5O. The van der Waals surface area contributed by atoms with Gasteiger partial charge in [-0.3, -0.25) is 9.69 Å². The Hall–Kier alpha value is -3.63. The summed E-state index contributed by atoms with van der Waals surface area (Å²) in [6.45, 7) is 6.25. The van der Waals surface area contributed by atoms with Crippen LogP contribution < -0.4 is 16.4 Å². The van der Waals surface area contributed by atoms with E-state index in [0.717, 1.165) is 27.0 Å². The molecule has 1 aliphatic heterocycles. The lowest BCUT2D eigenvalue weighted by molar-refractivity contribution is -0.118. The predicted octanol–water partition coefficient (Wildman–Crippen LogP) is 6.12. The van der Waals surface area contributed by atoms with Gasteiger partial charge in [-0.25, -0.2) is 4.98 Å². The van der Waals surface area contributed by atoms with Crippen LogP contribution >= 0.6 is 15.9 Å². The highest BCUT2D eigenvalue weighted by Crippen LogP contribution is 2.55. The first-order valence-corrected chi connectivity index (χ1v) is 12.3. The minimum atomic E-state index is -0.434. The van der Waals surface area contributed by atoms with Crippen LogP contribution in [0.3, 0.4) is 0 Å². The van der Waals surface area contributed by atoms with Crippen LogP contribution in [0.15, 0.2) is 64.3 Å². The number of benzene rings is 2. The summed E-state index contributed by atoms with van der Waals surface area (Å²) in [5.41, 5.74) is 18.3. The lowest BCUT2D eigenvalue weighted by atomic mass is 9.68. The molecule has 0 spiro atoms. The quantitative estimate of drug-likeness (QED) is 0.415.